The van der Waals surface area contributed by atoms with Crippen LogP contribution < -0.4 is 15.8 Å². The van der Waals surface area contributed by atoms with Gasteiger partial charge in [-0.25, -0.2) is 9.37 Å². The maximum absolute atomic E-state index is 14.4. The molecule has 0 unspecified atom stereocenters. The monoisotopic (exact) mass is 397 g/mol. The fraction of sp³-hybridized carbons (Fsp3) is 0.0476. The third-order valence-corrected chi connectivity index (χ3v) is 4.15. The highest BCUT2D eigenvalue weighted by molar-refractivity contribution is 6.30. The smallest absolute Gasteiger partial charge is 0.228 e. The topological polar surface area (TPSA) is 77.2 Å². The van der Waals surface area contributed by atoms with Crippen LogP contribution in [0.25, 0.3) is 6.08 Å². The van der Waals surface area contributed by atoms with Gasteiger partial charge in [0.2, 0.25) is 5.91 Å². The fourth-order valence-corrected chi connectivity index (χ4v) is 2.66. The second-order valence-corrected chi connectivity index (χ2v) is 6.35. The summed E-state index contributed by atoms with van der Waals surface area (Å²) >= 11 is 5.83. The molecule has 3 rings (SSSR count). The van der Waals surface area contributed by atoms with Crippen molar-refractivity contribution in [2.24, 2.45) is 0 Å². The summed E-state index contributed by atoms with van der Waals surface area (Å²) in [4.78, 5) is 16.1. The zero-order valence-corrected chi connectivity index (χ0v) is 15.5. The Hall–Kier alpha value is -3.38. The number of carbonyl (C=O) groups is 1. The summed E-state index contributed by atoms with van der Waals surface area (Å²) in [6, 6.07) is 12.7. The molecule has 5 nitrogen and oxygen atoms in total. The Bertz CT molecular complexity index is 1020. The second kappa shape index (κ2) is 8.54. The van der Waals surface area contributed by atoms with Crippen LogP contribution in [0, 0.1) is 5.82 Å². The summed E-state index contributed by atoms with van der Waals surface area (Å²) in [5.74, 6) is -0.342. The van der Waals surface area contributed by atoms with Crippen LogP contribution in [-0.4, -0.2) is 10.9 Å². The minimum Gasteiger partial charge on any atom is -0.453 e. The first-order valence-corrected chi connectivity index (χ1v) is 8.72. The Kier molecular flexibility index (Phi) is 5.91. The van der Waals surface area contributed by atoms with Gasteiger partial charge in [-0.05, 0) is 35.9 Å². The normalized spacial score (nSPS) is 10.4. The summed E-state index contributed by atoms with van der Waals surface area (Å²) in [6.45, 7) is 3.65. The molecule has 0 saturated carbocycles. The van der Waals surface area contributed by atoms with Crippen LogP contribution in [0.3, 0.4) is 0 Å². The van der Waals surface area contributed by atoms with E-state index in [4.69, 9.17) is 22.1 Å². The first-order valence-electron chi connectivity index (χ1n) is 8.35. The zero-order valence-electron chi connectivity index (χ0n) is 14.8. The Morgan fingerprint density at radius 1 is 1.21 bits per heavy atom. The number of carbonyl (C=O) groups excluding carboxylic acids is 1. The molecule has 1 heterocycles. The molecule has 28 heavy (non-hydrogen) atoms. The van der Waals surface area contributed by atoms with Crippen molar-refractivity contribution in [3.05, 3.63) is 83.3 Å². The number of hydrogen-bond acceptors (Lipinski definition) is 4. The average Bonchev–Trinajstić information content (AvgIpc) is 2.66. The highest BCUT2D eigenvalue weighted by atomic mass is 35.5. The number of rotatable bonds is 6. The van der Waals surface area contributed by atoms with Crippen LogP contribution in [0.5, 0.6) is 11.5 Å². The maximum Gasteiger partial charge on any atom is 0.228 e. The number of nitrogens with zero attached hydrogens (tertiary/aromatic N) is 1. The second-order valence-electron chi connectivity index (χ2n) is 5.91. The van der Waals surface area contributed by atoms with E-state index in [0.717, 1.165) is 5.56 Å². The molecule has 2 aromatic carbocycles. The number of nitrogen functional groups attached to an aromatic ring is 1. The molecule has 1 aromatic heterocycles. The van der Waals surface area contributed by atoms with E-state index in [1.807, 2.05) is 0 Å². The number of ether oxygens (including phenoxy) is 1. The van der Waals surface area contributed by atoms with Crippen LogP contribution in [0.1, 0.15) is 11.1 Å². The molecule has 0 atom stereocenters. The summed E-state index contributed by atoms with van der Waals surface area (Å²) in [7, 11) is 0. The summed E-state index contributed by atoms with van der Waals surface area (Å²) < 4.78 is 20.0. The number of benzene rings is 2. The van der Waals surface area contributed by atoms with Crippen molar-refractivity contribution in [3.63, 3.8) is 0 Å². The van der Waals surface area contributed by atoms with Crippen molar-refractivity contribution in [2.75, 3.05) is 11.1 Å². The number of amides is 1. The van der Waals surface area contributed by atoms with Gasteiger partial charge in [0.1, 0.15) is 11.6 Å². The molecule has 0 spiro atoms. The van der Waals surface area contributed by atoms with Crippen molar-refractivity contribution >= 4 is 35.1 Å². The van der Waals surface area contributed by atoms with Gasteiger partial charge in [0, 0.05) is 23.0 Å². The van der Waals surface area contributed by atoms with E-state index < -0.39 is 5.82 Å². The van der Waals surface area contributed by atoms with Crippen molar-refractivity contribution in [1.82, 2.24) is 4.98 Å². The lowest BCUT2D eigenvalue weighted by atomic mass is 10.1. The zero-order chi connectivity index (χ0) is 20.1. The van der Waals surface area contributed by atoms with E-state index in [9.17, 15) is 9.18 Å². The highest BCUT2D eigenvalue weighted by Crippen LogP contribution is 2.31. The SMILES string of the molecule is C=Cc1c(Oc2ccc(NC(=O)Cc3ccc(Cl)cc3)cc2F)ccnc1N. The molecule has 0 aliphatic heterocycles. The first-order chi connectivity index (χ1) is 13.5. The molecule has 3 N–H and O–H groups in total. The van der Waals surface area contributed by atoms with E-state index in [1.54, 1.807) is 36.4 Å². The average molecular weight is 398 g/mol. The van der Waals surface area contributed by atoms with Gasteiger partial charge >= 0.3 is 0 Å². The number of pyridine rings is 1. The van der Waals surface area contributed by atoms with Gasteiger partial charge in [0.05, 0.1) is 12.0 Å². The van der Waals surface area contributed by atoms with E-state index in [1.165, 1.54) is 24.4 Å². The minimum atomic E-state index is -0.630. The molecule has 3 aromatic rings. The predicted octanol–water partition coefficient (Wildman–Crippen LogP) is 5.07. The predicted molar refractivity (Wildman–Crippen MR) is 109 cm³/mol. The van der Waals surface area contributed by atoms with Crippen LogP contribution in [0.15, 0.2) is 61.3 Å². The fourth-order valence-electron chi connectivity index (χ4n) is 2.54. The molecule has 0 bridgehead atoms. The van der Waals surface area contributed by atoms with Crippen LogP contribution in [0.2, 0.25) is 5.02 Å². The molecule has 0 saturated heterocycles. The molecule has 1 amide bonds. The lowest BCUT2D eigenvalue weighted by molar-refractivity contribution is -0.115. The standard InChI is InChI=1S/C21H17ClFN3O2/c1-2-16-18(9-10-25-21(16)24)28-19-8-7-15(12-17(19)23)26-20(27)11-13-3-5-14(22)6-4-13/h2-10,12H,1,11H2,(H2,24,25)(H,26,27). The van der Waals surface area contributed by atoms with Gasteiger partial charge < -0.3 is 15.8 Å². The van der Waals surface area contributed by atoms with Crippen LogP contribution >= 0.6 is 11.6 Å². The summed E-state index contributed by atoms with van der Waals surface area (Å²) in [6.07, 6.45) is 3.10. The van der Waals surface area contributed by atoms with Crippen LogP contribution in [0.4, 0.5) is 15.9 Å². The third kappa shape index (κ3) is 4.66. The van der Waals surface area contributed by atoms with E-state index >= 15 is 0 Å². The van der Waals surface area contributed by atoms with Gasteiger partial charge in [0.15, 0.2) is 11.6 Å². The van der Waals surface area contributed by atoms with E-state index in [-0.39, 0.29) is 23.9 Å². The number of hydrogen-bond donors (Lipinski definition) is 2. The van der Waals surface area contributed by atoms with E-state index in [0.29, 0.717) is 22.0 Å². The maximum atomic E-state index is 14.4. The summed E-state index contributed by atoms with van der Waals surface area (Å²) in [5.41, 5.74) is 7.36. The van der Waals surface area contributed by atoms with Gasteiger partial charge in [-0.15, -0.1) is 0 Å². The van der Waals surface area contributed by atoms with Gasteiger partial charge in [-0.1, -0.05) is 36.4 Å². The van der Waals surface area contributed by atoms with Gasteiger partial charge in [-0.2, -0.15) is 0 Å². The highest BCUT2D eigenvalue weighted by Gasteiger charge is 2.12. The van der Waals surface area contributed by atoms with Gasteiger partial charge in [0.25, 0.3) is 0 Å². The molecule has 0 fully saturated rings. The first kappa shape index (κ1) is 19.4. The molecule has 142 valence electrons. The van der Waals surface area contributed by atoms with Crippen molar-refractivity contribution < 1.29 is 13.9 Å². The van der Waals surface area contributed by atoms with E-state index in [2.05, 4.69) is 16.9 Å². The number of anilines is 2. The third-order valence-electron chi connectivity index (χ3n) is 3.90. The lowest BCUT2D eigenvalue weighted by Crippen LogP contribution is -2.14. The quantitative estimate of drug-likeness (QED) is 0.608. The molecular weight excluding hydrogens is 381 g/mol. The molecule has 0 aliphatic rings. The molecular formula is C21H17ClFN3O2. The molecule has 7 heteroatoms. The van der Waals surface area contributed by atoms with Crippen LogP contribution in [-0.2, 0) is 11.2 Å². The number of halogens is 2. The van der Waals surface area contributed by atoms with Gasteiger partial charge in [-0.3, -0.25) is 4.79 Å². The Balaban J connectivity index is 1.70. The Morgan fingerprint density at radius 2 is 1.96 bits per heavy atom. The minimum absolute atomic E-state index is 0.00981. The lowest BCUT2D eigenvalue weighted by Gasteiger charge is -2.12. The Labute approximate surface area is 166 Å². The summed E-state index contributed by atoms with van der Waals surface area (Å²) in [5, 5.41) is 3.25. The molecule has 0 radical (unpaired) electrons. The van der Waals surface area contributed by atoms with Crippen molar-refractivity contribution in [1.29, 1.82) is 0 Å². The number of nitrogens with two attached hydrogens (primary N) is 1. The largest absolute Gasteiger partial charge is 0.453 e. The van der Waals surface area contributed by atoms with Crippen molar-refractivity contribution in [3.8, 4) is 11.5 Å². The molecule has 0 aliphatic carbocycles. The number of aromatic nitrogens is 1. The Morgan fingerprint density at radius 3 is 2.64 bits per heavy atom. The number of nitrogens with one attached hydrogen (secondary N) is 1. The van der Waals surface area contributed by atoms with Crippen molar-refractivity contribution in [2.45, 2.75) is 6.42 Å².